The number of thioether (sulfide) groups is 1. The van der Waals surface area contributed by atoms with Crippen molar-refractivity contribution in [2.24, 2.45) is 5.73 Å². The van der Waals surface area contributed by atoms with Gasteiger partial charge in [-0.2, -0.15) is 16.7 Å². The minimum atomic E-state index is -3.26. The van der Waals surface area contributed by atoms with Crippen LogP contribution in [0.1, 0.15) is 5.89 Å². The molecule has 0 radical (unpaired) electrons. The van der Waals surface area contributed by atoms with E-state index in [9.17, 15) is 13.2 Å². The molecule has 156 valence electrons. The van der Waals surface area contributed by atoms with Crippen molar-refractivity contribution < 1.29 is 27.2 Å². The second kappa shape index (κ2) is 8.36. The first-order valence-corrected chi connectivity index (χ1v) is 11.6. The summed E-state index contributed by atoms with van der Waals surface area (Å²) in [6, 6.07) is 13.3. The summed E-state index contributed by atoms with van der Waals surface area (Å²) in [6.07, 6.45) is -0.927. The Bertz CT molecular complexity index is 1140. The van der Waals surface area contributed by atoms with Crippen molar-refractivity contribution in [3.05, 3.63) is 54.4 Å². The molecular formula is C19H17N3O6S2. The molecule has 2 heterocycles. The van der Waals surface area contributed by atoms with Gasteiger partial charge in [-0.15, -0.1) is 0 Å². The van der Waals surface area contributed by atoms with Crippen molar-refractivity contribution in [3.8, 4) is 22.9 Å². The van der Waals surface area contributed by atoms with Crippen molar-refractivity contribution in [1.29, 1.82) is 0 Å². The lowest BCUT2D eigenvalue weighted by Crippen LogP contribution is -2.12. The van der Waals surface area contributed by atoms with Crippen LogP contribution in [0.25, 0.3) is 11.4 Å². The summed E-state index contributed by atoms with van der Waals surface area (Å²) < 4.78 is 39.9. The Labute approximate surface area is 176 Å². The van der Waals surface area contributed by atoms with Crippen LogP contribution in [0.2, 0.25) is 0 Å². The lowest BCUT2D eigenvalue weighted by molar-refractivity contribution is 0.135. The molecule has 1 saturated heterocycles. The van der Waals surface area contributed by atoms with Crippen LogP contribution in [0, 0.1) is 0 Å². The highest BCUT2D eigenvalue weighted by Gasteiger charge is 2.29. The summed E-state index contributed by atoms with van der Waals surface area (Å²) in [5.74, 6) is 2.61. The number of sulfone groups is 1. The van der Waals surface area contributed by atoms with E-state index < -0.39 is 15.9 Å². The fourth-order valence-electron chi connectivity index (χ4n) is 2.59. The smallest absolute Gasteiger partial charge is 0.405 e. The molecule has 0 spiro atoms. The van der Waals surface area contributed by atoms with Crippen molar-refractivity contribution in [1.82, 2.24) is 10.1 Å². The van der Waals surface area contributed by atoms with Gasteiger partial charge >= 0.3 is 6.09 Å². The zero-order valence-corrected chi connectivity index (χ0v) is 17.2. The average Bonchev–Trinajstić information content (AvgIpc) is 3.39. The minimum absolute atomic E-state index is 0.124. The number of rotatable bonds is 8. The third-order valence-electron chi connectivity index (χ3n) is 4.14. The molecule has 1 atom stereocenters. The Morgan fingerprint density at radius 2 is 1.77 bits per heavy atom. The van der Waals surface area contributed by atoms with Gasteiger partial charge in [-0.25, -0.2) is 13.2 Å². The largest absolute Gasteiger partial charge is 0.457 e. The van der Waals surface area contributed by atoms with Gasteiger partial charge in [0.1, 0.15) is 11.5 Å². The van der Waals surface area contributed by atoms with Crippen LogP contribution in [0.15, 0.2) is 57.9 Å². The fraction of sp³-hybridized carbons (Fsp3) is 0.211. The molecule has 2 N–H and O–H groups in total. The lowest BCUT2D eigenvalue weighted by atomic mass is 10.2. The van der Waals surface area contributed by atoms with E-state index in [0.29, 0.717) is 27.8 Å². The molecule has 4 rings (SSSR count). The van der Waals surface area contributed by atoms with Crippen LogP contribution in [0.5, 0.6) is 11.5 Å². The van der Waals surface area contributed by atoms with E-state index in [2.05, 4.69) is 14.9 Å². The number of hydrogen-bond donors (Lipinski definition) is 1. The molecule has 0 aliphatic carbocycles. The van der Waals surface area contributed by atoms with E-state index in [-0.39, 0.29) is 23.5 Å². The van der Waals surface area contributed by atoms with Gasteiger partial charge in [0.15, 0.2) is 16.4 Å². The predicted octanol–water partition coefficient (Wildman–Crippen LogP) is 3.01. The second-order valence-electron chi connectivity index (χ2n) is 6.45. The zero-order valence-electron chi connectivity index (χ0n) is 15.6. The Hall–Kier alpha value is -3.05. The normalized spacial score (nSPS) is 15.5. The van der Waals surface area contributed by atoms with E-state index in [1.165, 1.54) is 0 Å². The maximum Gasteiger partial charge on any atom is 0.405 e. The third kappa shape index (κ3) is 5.10. The van der Waals surface area contributed by atoms with Crippen LogP contribution < -0.4 is 10.5 Å². The molecule has 1 amide bonds. The molecule has 1 unspecified atom stereocenters. The molecule has 2 aromatic carbocycles. The maximum atomic E-state index is 12.3. The van der Waals surface area contributed by atoms with E-state index in [0.717, 1.165) is 5.75 Å². The monoisotopic (exact) mass is 447 g/mol. The number of nitrogens with zero attached hydrogens (tertiary/aromatic N) is 2. The Morgan fingerprint density at radius 3 is 2.37 bits per heavy atom. The first-order valence-electron chi connectivity index (χ1n) is 8.86. The molecule has 1 aliphatic rings. The molecular weight excluding hydrogens is 430 g/mol. The number of primary amides is 1. The maximum absolute atomic E-state index is 12.3. The SMILES string of the molecule is NC(=O)OCc1nc(-c2ccc(Oc3ccc(S(=O)(=O)CC4CS4)cc3)cc2)no1. The fourth-order valence-corrected chi connectivity index (χ4v) is 5.27. The van der Waals surface area contributed by atoms with Gasteiger partial charge in [0.05, 0.1) is 10.6 Å². The minimum Gasteiger partial charge on any atom is -0.457 e. The number of hydrogen-bond acceptors (Lipinski definition) is 9. The molecule has 30 heavy (non-hydrogen) atoms. The lowest BCUT2D eigenvalue weighted by Gasteiger charge is -2.08. The Balaban J connectivity index is 1.39. The molecule has 0 bridgehead atoms. The standard InChI is InChI=1S/C19H17N3O6S2/c20-19(23)26-9-17-21-18(22-28-17)12-1-3-13(4-2-12)27-14-5-7-16(8-6-14)30(24,25)11-15-10-29-15/h1-8,15H,9-11H2,(H2,20,23). The number of aromatic nitrogens is 2. The van der Waals surface area contributed by atoms with Crippen LogP contribution in [0.4, 0.5) is 4.79 Å². The quantitative estimate of drug-likeness (QED) is 0.517. The van der Waals surface area contributed by atoms with Crippen molar-refractivity contribution in [2.75, 3.05) is 11.5 Å². The van der Waals surface area contributed by atoms with E-state index >= 15 is 0 Å². The van der Waals surface area contributed by atoms with E-state index in [4.69, 9.17) is 15.0 Å². The summed E-state index contributed by atoms with van der Waals surface area (Å²) in [4.78, 5) is 15.0. The highest BCUT2D eigenvalue weighted by atomic mass is 32.2. The number of carbonyl (C=O) groups is 1. The summed E-state index contributed by atoms with van der Waals surface area (Å²) in [7, 11) is -3.26. The first kappa shape index (κ1) is 20.2. The highest BCUT2D eigenvalue weighted by Crippen LogP contribution is 2.33. The predicted molar refractivity (Wildman–Crippen MR) is 109 cm³/mol. The molecule has 9 nitrogen and oxygen atoms in total. The van der Waals surface area contributed by atoms with Crippen molar-refractivity contribution >= 4 is 27.7 Å². The van der Waals surface area contributed by atoms with Gasteiger partial charge in [-0.05, 0) is 48.5 Å². The molecule has 3 aromatic rings. The number of ether oxygens (including phenoxy) is 2. The van der Waals surface area contributed by atoms with E-state index in [1.54, 1.807) is 60.3 Å². The summed E-state index contributed by atoms with van der Waals surface area (Å²) in [5.41, 5.74) is 5.57. The van der Waals surface area contributed by atoms with Crippen molar-refractivity contribution in [2.45, 2.75) is 16.8 Å². The Kier molecular flexibility index (Phi) is 5.64. The Morgan fingerprint density at radius 1 is 1.13 bits per heavy atom. The second-order valence-corrected chi connectivity index (χ2v) is 9.82. The zero-order chi connectivity index (χ0) is 21.1. The van der Waals surface area contributed by atoms with Gasteiger partial charge in [0.2, 0.25) is 5.82 Å². The number of benzene rings is 2. The van der Waals surface area contributed by atoms with Crippen LogP contribution >= 0.6 is 11.8 Å². The average molecular weight is 447 g/mol. The molecule has 11 heteroatoms. The van der Waals surface area contributed by atoms with Crippen LogP contribution in [0.3, 0.4) is 0 Å². The highest BCUT2D eigenvalue weighted by molar-refractivity contribution is 8.08. The number of nitrogens with two attached hydrogens (primary N) is 1. The van der Waals surface area contributed by atoms with Crippen LogP contribution in [-0.4, -0.2) is 41.4 Å². The summed E-state index contributed by atoms with van der Waals surface area (Å²) in [6.45, 7) is -0.200. The van der Waals surface area contributed by atoms with Gasteiger partial charge in [-0.3, -0.25) is 0 Å². The van der Waals surface area contributed by atoms with Gasteiger partial charge in [-0.1, -0.05) is 5.16 Å². The van der Waals surface area contributed by atoms with Gasteiger partial charge < -0.3 is 19.7 Å². The first-order chi connectivity index (χ1) is 14.4. The number of carbonyl (C=O) groups excluding carboxylic acids is 1. The molecule has 1 fully saturated rings. The van der Waals surface area contributed by atoms with Gasteiger partial charge in [0.25, 0.3) is 5.89 Å². The third-order valence-corrected chi connectivity index (χ3v) is 7.16. The summed E-state index contributed by atoms with van der Waals surface area (Å²) in [5, 5.41) is 4.04. The van der Waals surface area contributed by atoms with Gasteiger partial charge in [0, 0.05) is 16.6 Å². The molecule has 1 aliphatic heterocycles. The van der Waals surface area contributed by atoms with E-state index in [1.807, 2.05) is 0 Å². The number of amides is 1. The summed E-state index contributed by atoms with van der Waals surface area (Å²) >= 11 is 1.66. The van der Waals surface area contributed by atoms with Crippen molar-refractivity contribution in [3.63, 3.8) is 0 Å². The molecule has 0 saturated carbocycles. The van der Waals surface area contributed by atoms with Crippen LogP contribution in [-0.2, 0) is 21.2 Å². The topological polar surface area (TPSA) is 135 Å². The molecule has 1 aromatic heterocycles.